The van der Waals surface area contributed by atoms with Crippen molar-refractivity contribution in [3.8, 4) is 28.1 Å². The van der Waals surface area contributed by atoms with Crippen molar-refractivity contribution >= 4 is 5.97 Å². The molecule has 0 aliphatic heterocycles. The minimum absolute atomic E-state index is 0.0330. The number of hydrogen-bond acceptors (Lipinski definition) is 4. The second-order valence-corrected chi connectivity index (χ2v) is 8.35. The average Bonchev–Trinajstić information content (AvgIpc) is 3.24. The first kappa shape index (κ1) is 25.0. The van der Waals surface area contributed by atoms with Gasteiger partial charge < -0.3 is 20.6 Å². The van der Waals surface area contributed by atoms with Crippen LogP contribution in [0.25, 0.3) is 22.4 Å². The summed E-state index contributed by atoms with van der Waals surface area (Å²) in [6.07, 6.45) is -5.02. The molecular formula is C27H24F3N3O3. The number of nitrogens with zero attached hydrogens (tertiary/aromatic N) is 1. The molecule has 3 aromatic carbocycles. The van der Waals surface area contributed by atoms with Gasteiger partial charge in [0.15, 0.2) is 0 Å². The first-order chi connectivity index (χ1) is 17.1. The standard InChI is InChI=1S/C27H24F3N3O3/c1-16-25(33-26(32-16)22(31)14-24(34)35)20-11-12-23(21(13-20)27(28,29)30)36-15-17-7-9-19(10-8-17)18-5-3-2-4-6-18/h2-13,22H,14-15,31H2,1H3,(H,32,33)(H,34,35). The van der Waals surface area contributed by atoms with Crippen LogP contribution in [0.1, 0.15) is 35.1 Å². The first-order valence-electron chi connectivity index (χ1n) is 11.1. The number of imidazole rings is 1. The van der Waals surface area contributed by atoms with E-state index in [4.69, 9.17) is 15.6 Å². The van der Waals surface area contributed by atoms with Gasteiger partial charge >= 0.3 is 12.1 Å². The predicted molar refractivity (Wildman–Crippen MR) is 129 cm³/mol. The zero-order valence-electron chi connectivity index (χ0n) is 19.3. The molecule has 0 saturated heterocycles. The third kappa shape index (κ3) is 5.75. The molecule has 0 aliphatic carbocycles. The zero-order valence-corrected chi connectivity index (χ0v) is 19.3. The van der Waals surface area contributed by atoms with Gasteiger partial charge in [-0.3, -0.25) is 4.79 Å². The summed E-state index contributed by atoms with van der Waals surface area (Å²) in [5, 5.41) is 8.93. The maximum Gasteiger partial charge on any atom is 0.419 e. The molecule has 0 spiro atoms. The van der Waals surface area contributed by atoms with Crippen LogP contribution in [0.4, 0.5) is 13.2 Å². The molecule has 186 valence electrons. The Morgan fingerprint density at radius 3 is 2.31 bits per heavy atom. The summed E-state index contributed by atoms with van der Waals surface area (Å²) in [5.41, 5.74) is 8.67. The number of benzene rings is 3. The predicted octanol–water partition coefficient (Wildman–Crippen LogP) is 6.12. The van der Waals surface area contributed by atoms with Gasteiger partial charge in [0, 0.05) is 5.56 Å². The van der Waals surface area contributed by atoms with Crippen LogP contribution in [0.5, 0.6) is 5.75 Å². The number of ether oxygens (including phenoxy) is 1. The molecule has 0 amide bonds. The number of carboxylic acids is 1. The van der Waals surface area contributed by atoms with Gasteiger partial charge in [-0.05, 0) is 41.8 Å². The lowest BCUT2D eigenvalue weighted by molar-refractivity contribution is -0.139. The van der Waals surface area contributed by atoms with Gasteiger partial charge in [0.1, 0.15) is 18.2 Å². The Morgan fingerprint density at radius 2 is 1.67 bits per heavy atom. The quantitative estimate of drug-likeness (QED) is 0.273. The van der Waals surface area contributed by atoms with Crippen LogP contribution < -0.4 is 10.5 Å². The number of nitrogens with one attached hydrogen (secondary N) is 1. The lowest BCUT2D eigenvalue weighted by Crippen LogP contribution is -2.16. The fraction of sp³-hybridized carbons (Fsp3) is 0.185. The van der Waals surface area contributed by atoms with Gasteiger partial charge in [-0.15, -0.1) is 0 Å². The number of carbonyl (C=O) groups is 1. The van der Waals surface area contributed by atoms with Crippen LogP contribution in [0.3, 0.4) is 0 Å². The number of halogens is 3. The Balaban J connectivity index is 1.55. The monoisotopic (exact) mass is 495 g/mol. The lowest BCUT2D eigenvalue weighted by atomic mass is 10.0. The van der Waals surface area contributed by atoms with Crippen LogP contribution in [0.2, 0.25) is 0 Å². The number of carboxylic acid groups (broad SMARTS) is 1. The Kier molecular flexibility index (Phi) is 7.12. The van der Waals surface area contributed by atoms with Crippen molar-refractivity contribution in [2.75, 3.05) is 0 Å². The highest BCUT2D eigenvalue weighted by Gasteiger charge is 2.35. The van der Waals surface area contributed by atoms with E-state index < -0.39 is 23.8 Å². The van der Waals surface area contributed by atoms with Crippen molar-refractivity contribution in [1.29, 1.82) is 0 Å². The average molecular weight is 496 g/mol. The number of aryl methyl sites for hydroxylation is 1. The Bertz CT molecular complexity index is 1350. The Labute approximate surface area is 205 Å². The van der Waals surface area contributed by atoms with E-state index in [1.807, 2.05) is 54.6 Å². The van der Waals surface area contributed by atoms with Gasteiger partial charge in [0.2, 0.25) is 0 Å². The number of aromatic amines is 1. The van der Waals surface area contributed by atoms with Gasteiger partial charge in [-0.1, -0.05) is 54.6 Å². The molecule has 0 radical (unpaired) electrons. The number of rotatable bonds is 8. The van der Waals surface area contributed by atoms with Gasteiger partial charge in [0.05, 0.1) is 29.4 Å². The maximum absolute atomic E-state index is 13.9. The zero-order chi connectivity index (χ0) is 25.9. The molecule has 0 fully saturated rings. The molecule has 4 aromatic rings. The van der Waals surface area contributed by atoms with Crippen LogP contribution >= 0.6 is 0 Å². The number of nitrogens with two attached hydrogens (primary N) is 1. The van der Waals surface area contributed by atoms with Crippen molar-refractivity contribution in [2.45, 2.75) is 32.2 Å². The minimum Gasteiger partial charge on any atom is -0.488 e. The molecular weight excluding hydrogens is 471 g/mol. The van der Waals surface area contributed by atoms with Crippen molar-refractivity contribution in [3.63, 3.8) is 0 Å². The SMILES string of the molecule is Cc1nc(C(N)CC(=O)O)[nH]c1-c1ccc(OCc2ccc(-c3ccccc3)cc2)c(C(F)(F)F)c1. The summed E-state index contributed by atoms with van der Waals surface area (Å²) in [6, 6.07) is 20.0. The van der Waals surface area contributed by atoms with Gasteiger partial charge in [-0.25, -0.2) is 4.98 Å². The number of H-pyrrole nitrogens is 1. The van der Waals surface area contributed by atoms with Gasteiger partial charge in [0.25, 0.3) is 0 Å². The van der Waals surface area contributed by atoms with E-state index in [0.717, 1.165) is 22.8 Å². The third-order valence-electron chi connectivity index (χ3n) is 5.68. The van der Waals surface area contributed by atoms with E-state index in [9.17, 15) is 18.0 Å². The van der Waals surface area contributed by atoms with E-state index in [1.165, 1.54) is 12.1 Å². The summed E-state index contributed by atoms with van der Waals surface area (Å²) in [6.45, 7) is 1.58. The highest BCUT2D eigenvalue weighted by Crippen LogP contribution is 2.39. The van der Waals surface area contributed by atoms with E-state index in [-0.39, 0.29) is 30.2 Å². The molecule has 0 saturated carbocycles. The highest BCUT2D eigenvalue weighted by atomic mass is 19.4. The van der Waals surface area contributed by atoms with Crippen molar-refractivity contribution in [2.24, 2.45) is 5.73 Å². The largest absolute Gasteiger partial charge is 0.488 e. The number of alkyl halides is 3. The summed E-state index contributed by atoms with van der Waals surface area (Å²) >= 11 is 0. The summed E-state index contributed by atoms with van der Waals surface area (Å²) in [7, 11) is 0. The second kappa shape index (κ2) is 10.2. The Hall–Kier alpha value is -4.11. The Morgan fingerprint density at radius 1 is 1.03 bits per heavy atom. The maximum atomic E-state index is 13.9. The van der Waals surface area contributed by atoms with E-state index in [0.29, 0.717) is 11.4 Å². The molecule has 1 heterocycles. The lowest BCUT2D eigenvalue weighted by Gasteiger charge is -2.16. The van der Waals surface area contributed by atoms with Crippen molar-refractivity contribution in [1.82, 2.24) is 9.97 Å². The normalized spacial score (nSPS) is 12.4. The minimum atomic E-state index is -4.65. The van der Waals surface area contributed by atoms with E-state index >= 15 is 0 Å². The van der Waals surface area contributed by atoms with Crippen molar-refractivity contribution < 1.29 is 27.8 Å². The van der Waals surface area contributed by atoms with E-state index in [1.54, 1.807) is 6.92 Å². The molecule has 1 atom stereocenters. The smallest absolute Gasteiger partial charge is 0.419 e. The van der Waals surface area contributed by atoms with Crippen LogP contribution in [-0.4, -0.2) is 21.0 Å². The number of aliphatic carboxylic acids is 1. The molecule has 1 unspecified atom stereocenters. The molecule has 9 heteroatoms. The van der Waals surface area contributed by atoms with E-state index in [2.05, 4.69) is 9.97 Å². The summed E-state index contributed by atoms with van der Waals surface area (Å²) < 4.78 is 47.3. The van der Waals surface area contributed by atoms with Crippen LogP contribution in [0, 0.1) is 6.92 Å². The molecule has 1 aromatic heterocycles. The molecule has 0 aliphatic rings. The first-order valence-corrected chi connectivity index (χ1v) is 11.1. The number of aromatic nitrogens is 2. The summed E-state index contributed by atoms with van der Waals surface area (Å²) in [5.74, 6) is -1.20. The fourth-order valence-corrected chi connectivity index (χ4v) is 3.84. The van der Waals surface area contributed by atoms with Crippen LogP contribution in [-0.2, 0) is 17.6 Å². The number of hydrogen-bond donors (Lipinski definition) is 3. The molecule has 4 rings (SSSR count). The molecule has 0 bridgehead atoms. The highest BCUT2D eigenvalue weighted by molar-refractivity contribution is 5.68. The molecule has 6 nitrogen and oxygen atoms in total. The topological polar surface area (TPSA) is 101 Å². The molecule has 4 N–H and O–H groups in total. The fourth-order valence-electron chi connectivity index (χ4n) is 3.84. The third-order valence-corrected chi connectivity index (χ3v) is 5.68. The van der Waals surface area contributed by atoms with Crippen LogP contribution in [0.15, 0.2) is 72.8 Å². The molecule has 36 heavy (non-hydrogen) atoms. The van der Waals surface area contributed by atoms with Crippen molar-refractivity contribution in [3.05, 3.63) is 95.4 Å². The second-order valence-electron chi connectivity index (χ2n) is 8.35. The summed E-state index contributed by atoms with van der Waals surface area (Å²) in [4.78, 5) is 18.0. The van der Waals surface area contributed by atoms with Gasteiger partial charge in [-0.2, -0.15) is 13.2 Å².